The molecule has 8 heteroatoms. The van der Waals surface area contributed by atoms with E-state index in [4.69, 9.17) is 9.47 Å². The lowest BCUT2D eigenvalue weighted by Gasteiger charge is -2.03. The third kappa shape index (κ3) is 4.03. The Morgan fingerprint density at radius 3 is 2.89 bits per heavy atom. The maximum atomic E-state index is 11.5. The highest BCUT2D eigenvalue weighted by atomic mass is 16.5. The highest BCUT2D eigenvalue weighted by Crippen LogP contribution is 2.02. The number of carbonyl (C=O) groups is 1. The molecular formula is C11H13N5O3. The van der Waals surface area contributed by atoms with E-state index in [-0.39, 0.29) is 19.3 Å². The lowest BCUT2D eigenvalue weighted by atomic mass is 10.2. The van der Waals surface area contributed by atoms with Crippen molar-refractivity contribution in [3.8, 4) is 0 Å². The van der Waals surface area contributed by atoms with Crippen LogP contribution in [0, 0.1) is 0 Å². The van der Waals surface area contributed by atoms with Gasteiger partial charge in [-0.3, -0.25) is 5.32 Å². The van der Waals surface area contributed by atoms with Crippen molar-refractivity contribution in [2.75, 3.05) is 12.4 Å². The molecule has 0 unspecified atom stereocenters. The van der Waals surface area contributed by atoms with Crippen LogP contribution in [0.3, 0.4) is 0 Å². The topological polar surface area (TPSA) is 91.2 Å². The molecule has 1 aromatic heterocycles. The number of nitrogens with one attached hydrogen (secondary N) is 1. The van der Waals surface area contributed by atoms with Crippen molar-refractivity contribution >= 4 is 12.0 Å². The van der Waals surface area contributed by atoms with Crippen LogP contribution >= 0.6 is 0 Å². The van der Waals surface area contributed by atoms with E-state index in [2.05, 4.69) is 20.7 Å². The van der Waals surface area contributed by atoms with E-state index in [1.807, 2.05) is 30.3 Å². The fourth-order valence-corrected chi connectivity index (χ4v) is 1.31. The first-order valence-corrected chi connectivity index (χ1v) is 5.52. The van der Waals surface area contributed by atoms with Gasteiger partial charge in [0.2, 0.25) is 0 Å². The Labute approximate surface area is 109 Å². The number of rotatable bonds is 5. The number of benzene rings is 1. The standard InChI is InChI=1S/C11H13N5O3/c1-18-8-16-14-10(13-15-16)12-11(17)19-7-9-5-3-2-4-6-9/h2-6H,7-8H2,1H3,(H,12,14,17). The number of hydrogen-bond donors (Lipinski definition) is 1. The first-order valence-electron chi connectivity index (χ1n) is 5.52. The minimum absolute atomic E-state index is 0.0649. The minimum atomic E-state index is -0.638. The fraction of sp³-hybridized carbons (Fsp3) is 0.273. The molecule has 0 aliphatic rings. The van der Waals surface area contributed by atoms with Crippen LogP contribution in [0.2, 0.25) is 0 Å². The zero-order valence-electron chi connectivity index (χ0n) is 10.3. The molecule has 0 bridgehead atoms. The third-order valence-electron chi connectivity index (χ3n) is 2.12. The molecule has 2 aromatic rings. The molecule has 0 saturated heterocycles. The Morgan fingerprint density at radius 1 is 1.37 bits per heavy atom. The monoisotopic (exact) mass is 263 g/mol. The van der Waals surface area contributed by atoms with Crippen molar-refractivity contribution in [2.45, 2.75) is 13.3 Å². The molecule has 0 aliphatic carbocycles. The van der Waals surface area contributed by atoms with E-state index >= 15 is 0 Å². The van der Waals surface area contributed by atoms with Crippen molar-refractivity contribution in [3.05, 3.63) is 35.9 Å². The summed E-state index contributed by atoms with van der Waals surface area (Å²) < 4.78 is 9.81. The van der Waals surface area contributed by atoms with Crippen molar-refractivity contribution in [1.29, 1.82) is 0 Å². The van der Waals surface area contributed by atoms with Crippen molar-refractivity contribution in [2.24, 2.45) is 0 Å². The summed E-state index contributed by atoms with van der Waals surface area (Å²) in [6.07, 6.45) is -0.638. The summed E-state index contributed by atoms with van der Waals surface area (Å²) in [5.41, 5.74) is 0.897. The van der Waals surface area contributed by atoms with Gasteiger partial charge in [0.15, 0.2) is 6.73 Å². The van der Waals surface area contributed by atoms with Crippen LogP contribution in [-0.4, -0.2) is 33.4 Å². The SMILES string of the molecule is COCn1nnc(NC(=O)OCc2ccccc2)n1. The zero-order chi connectivity index (χ0) is 13.5. The van der Waals surface area contributed by atoms with Gasteiger partial charge < -0.3 is 9.47 Å². The second kappa shape index (κ2) is 6.45. The second-order valence-electron chi connectivity index (χ2n) is 3.59. The van der Waals surface area contributed by atoms with Crippen molar-refractivity contribution < 1.29 is 14.3 Å². The van der Waals surface area contributed by atoms with Gasteiger partial charge in [0.25, 0.3) is 5.95 Å². The minimum Gasteiger partial charge on any atom is -0.444 e. The number of ether oxygens (including phenoxy) is 2. The molecule has 0 atom stereocenters. The molecule has 2 rings (SSSR count). The summed E-state index contributed by atoms with van der Waals surface area (Å²) in [6.45, 7) is 0.340. The molecule has 8 nitrogen and oxygen atoms in total. The predicted octanol–water partition coefficient (Wildman–Crippen LogP) is 1.03. The number of aromatic nitrogens is 4. The lowest BCUT2D eigenvalue weighted by Crippen LogP contribution is -2.15. The van der Waals surface area contributed by atoms with Crippen LogP contribution in [0.5, 0.6) is 0 Å². The summed E-state index contributed by atoms with van der Waals surface area (Å²) in [6, 6.07) is 9.35. The third-order valence-corrected chi connectivity index (χ3v) is 2.12. The van der Waals surface area contributed by atoms with Crippen LogP contribution < -0.4 is 5.32 Å². The van der Waals surface area contributed by atoms with Gasteiger partial charge in [0.1, 0.15) is 6.61 Å². The van der Waals surface area contributed by atoms with Crippen LogP contribution in [0.1, 0.15) is 5.56 Å². The Kier molecular flexibility index (Phi) is 4.40. The van der Waals surface area contributed by atoms with Gasteiger partial charge in [-0.25, -0.2) is 4.79 Å². The molecule has 0 saturated carbocycles. The number of anilines is 1. The summed E-state index contributed by atoms with van der Waals surface area (Å²) in [5.74, 6) is 0.0649. The van der Waals surface area contributed by atoms with E-state index in [0.29, 0.717) is 0 Å². The molecule has 0 spiro atoms. The molecule has 0 radical (unpaired) electrons. The van der Waals surface area contributed by atoms with Gasteiger partial charge in [-0.1, -0.05) is 35.4 Å². The van der Waals surface area contributed by atoms with Crippen molar-refractivity contribution in [1.82, 2.24) is 20.2 Å². The normalized spacial score (nSPS) is 10.2. The Morgan fingerprint density at radius 2 is 2.16 bits per heavy atom. The summed E-state index contributed by atoms with van der Waals surface area (Å²) in [7, 11) is 1.50. The second-order valence-corrected chi connectivity index (χ2v) is 3.59. The van der Waals surface area contributed by atoms with Crippen LogP contribution in [-0.2, 0) is 22.8 Å². The first kappa shape index (κ1) is 13.0. The van der Waals surface area contributed by atoms with E-state index in [9.17, 15) is 4.79 Å². The molecule has 100 valence electrons. The largest absolute Gasteiger partial charge is 0.444 e. The molecule has 0 aliphatic heterocycles. The van der Waals surface area contributed by atoms with Crippen LogP contribution in [0.25, 0.3) is 0 Å². The number of amides is 1. The highest BCUT2D eigenvalue weighted by Gasteiger charge is 2.08. The molecule has 1 aromatic carbocycles. The number of carbonyl (C=O) groups excluding carboxylic acids is 1. The fourth-order valence-electron chi connectivity index (χ4n) is 1.31. The lowest BCUT2D eigenvalue weighted by molar-refractivity contribution is 0.107. The van der Waals surface area contributed by atoms with Crippen molar-refractivity contribution in [3.63, 3.8) is 0 Å². The van der Waals surface area contributed by atoms with Gasteiger partial charge in [-0.05, 0) is 10.8 Å². The molecule has 0 fully saturated rings. The van der Waals surface area contributed by atoms with E-state index in [0.717, 1.165) is 5.56 Å². The Balaban J connectivity index is 1.80. The highest BCUT2D eigenvalue weighted by molar-refractivity contribution is 5.81. The number of hydrogen-bond acceptors (Lipinski definition) is 6. The summed E-state index contributed by atoms with van der Waals surface area (Å²) in [5, 5.41) is 13.5. The van der Waals surface area contributed by atoms with E-state index < -0.39 is 6.09 Å². The summed E-state index contributed by atoms with van der Waals surface area (Å²) in [4.78, 5) is 12.7. The van der Waals surface area contributed by atoms with Gasteiger partial charge in [-0.15, -0.1) is 9.90 Å². The zero-order valence-corrected chi connectivity index (χ0v) is 10.3. The molecule has 1 N–H and O–H groups in total. The molecular weight excluding hydrogens is 250 g/mol. The van der Waals surface area contributed by atoms with Gasteiger partial charge in [0.05, 0.1) is 0 Å². The maximum Gasteiger partial charge on any atom is 0.414 e. The maximum absolute atomic E-state index is 11.5. The molecule has 1 heterocycles. The quantitative estimate of drug-likeness (QED) is 0.866. The number of tetrazole rings is 1. The van der Waals surface area contributed by atoms with Crippen LogP contribution in [0.4, 0.5) is 10.7 Å². The predicted molar refractivity (Wildman–Crippen MR) is 65.1 cm³/mol. The Hall–Kier alpha value is -2.48. The molecule has 1 amide bonds. The van der Waals surface area contributed by atoms with E-state index in [1.54, 1.807) is 0 Å². The molecule has 19 heavy (non-hydrogen) atoms. The number of nitrogens with zero attached hydrogens (tertiary/aromatic N) is 4. The first-order chi connectivity index (χ1) is 9.28. The summed E-state index contributed by atoms with van der Waals surface area (Å²) >= 11 is 0. The van der Waals surface area contributed by atoms with Gasteiger partial charge in [-0.2, -0.15) is 0 Å². The average molecular weight is 263 g/mol. The van der Waals surface area contributed by atoms with Gasteiger partial charge >= 0.3 is 6.09 Å². The number of methoxy groups -OCH3 is 1. The smallest absolute Gasteiger partial charge is 0.414 e. The van der Waals surface area contributed by atoms with Gasteiger partial charge in [0, 0.05) is 7.11 Å². The average Bonchev–Trinajstić information content (AvgIpc) is 2.85. The van der Waals surface area contributed by atoms with E-state index in [1.165, 1.54) is 11.9 Å². The van der Waals surface area contributed by atoms with Crippen LogP contribution in [0.15, 0.2) is 30.3 Å². The Bertz CT molecular complexity index is 528.